The van der Waals surface area contributed by atoms with E-state index in [9.17, 15) is 31.5 Å². The molecule has 0 fully saturated rings. The van der Waals surface area contributed by atoms with Crippen LogP contribution in [0.25, 0.3) is 22.5 Å². The van der Waals surface area contributed by atoms with E-state index in [2.05, 4.69) is 10.3 Å². The van der Waals surface area contributed by atoms with Crippen LogP contribution < -0.4 is 10.6 Å². The number of imidazole rings is 1. The summed E-state index contributed by atoms with van der Waals surface area (Å²) in [4.78, 5) is 27.9. The second-order valence-electron chi connectivity index (χ2n) is 7.55. The van der Waals surface area contributed by atoms with E-state index in [0.717, 1.165) is 12.1 Å². The van der Waals surface area contributed by atoms with Gasteiger partial charge in [0, 0.05) is 30.4 Å². The van der Waals surface area contributed by atoms with Gasteiger partial charge in [-0.15, -0.1) is 0 Å². The van der Waals surface area contributed by atoms with Crippen LogP contribution in [0.5, 0.6) is 0 Å². The molecule has 0 aliphatic carbocycles. The Morgan fingerprint density at radius 1 is 0.972 bits per heavy atom. The highest BCUT2D eigenvalue weighted by atomic mass is 19.4. The predicted octanol–water partition coefficient (Wildman–Crippen LogP) is 4.96. The molecule has 2 heterocycles. The molecule has 0 aliphatic heterocycles. The van der Waals surface area contributed by atoms with Crippen LogP contribution in [0, 0.1) is 11.6 Å². The van der Waals surface area contributed by atoms with Crippen molar-refractivity contribution in [3.05, 3.63) is 95.7 Å². The predicted molar refractivity (Wildman–Crippen MR) is 123 cm³/mol. The summed E-state index contributed by atoms with van der Waals surface area (Å²) in [6, 6.07) is 14.6. The number of carbonyl (C=O) groups is 2. The standard InChI is InChI=1S/C25H17F5N4O2/c1-31-20(35)12-17(16-8-5-9-18(26)21(16)27)15-10-11-19-32-23(33-24(36)25(28,29)30)22(34(19)13-15)14-6-3-2-4-7-14/h2-13H,1H3,(H,31,35)(H,33,36). The summed E-state index contributed by atoms with van der Waals surface area (Å²) in [5.41, 5.74) is 0.747. The topological polar surface area (TPSA) is 75.5 Å². The molecule has 36 heavy (non-hydrogen) atoms. The van der Waals surface area contributed by atoms with Gasteiger partial charge in [-0.1, -0.05) is 42.5 Å². The summed E-state index contributed by atoms with van der Waals surface area (Å²) < 4.78 is 68.9. The first-order chi connectivity index (χ1) is 17.1. The number of carbonyl (C=O) groups excluding carboxylic acids is 2. The van der Waals surface area contributed by atoms with Crippen molar-refractivity contribution in [3.63, 3.8) is 0 Å². The number of alkyl halides is 3. The lowest BCUT2D eigenvalue weighted by atomic mass is 9.97. The molecule has 0 unspecified atom stereocenters. The fourth-order valence-electron chi connectivity index (χ4n) is 3.57. The number of rotatable bonds is 5. The third-order valence-electron chi connectivity index (χ3n) is 5.23. The quantitative estimate of drug-likeness (QED) is 0.301. The van der Waals surface area contributed by atoms with E-state index in [1.807, 2.05) is 0 Å². The minimum absolute atomic E-state index is 0.0156. The number of nitrogens with zero attached hydrogens (tertiary/aromatic N) is 2. The van der Waals surface area contributed by atoms with Gasteiger partial charge in [0.25, 0.3) is 0 Å². The second kappa shape index (κ2) is 9.61. The summed E-state index contributed by atoms with van der Waals surface area (Å²) >= 11 is 0. The van der Waals surface area contributed by atoms with Crippen LogP contribution in [-0.2, 0) is 9.59 Å². The molecule has 0 saturated carbocycles. The van der Waals surface area contributed by atoms with Crippen molar-refractivity contribution < 1.29 is 31.5 Å². The largest absolute Gasteiger partial charge is 0.471 e. The van der Waals surface area contributed by atoms with E-state index in [1.54, 1.807) is 35.6 Å². The van der Waals surface area contributed by atoms with Crippen molar-refractivity contribution in [2.24, 2.45) is 0 Å². The van der Waals surface area contributed by atoms with Crippen LogP contribution in [-0.4, -0.2) is 34.4 Å². The number of hydrogen-bond donors (Lipinski definition) is 2. The number of amides is 2. The number of halogens is 5. The van der Waals surface area contributed by atoms with Crippen molar-refractivity contribution in [2.75, 3.05) is 12.4 Å². The Labute approximate surface area is 201 Å². The zero-order valence-electron chi connectivity index (χ0n) is 18.5. The van der Waals surface area contributed by atoms with Gasteiger partial charge in [0.05, 0.1) is 5.69 Å². The average Bonchev–Trinajstić information content (AvgIpc) is 3.21. The van der Waals surface area contributed by atoms with Gasteiger partial charge in [0.2, 0.25) is 5.91 Å². The maximum Gasteiger partial charge on any atom is 0.471 e. The van der Waals surface area contributed by atoms with Gasteiger partial charge in [-0.3, -0.25) is 14.0 Å². The maximum absolute atomic E-state index is 14.7. The lowest BCUT2D eigenvalue weighted by Crippen LogP contribution is -2.30. The lowest BCUT2D eigenvalue weighted by molar-refractivity contribution is -0.167. The Hall–Kier alpha value is -4.54. The zero-order chi connectivity index (χ0) is 26.0. The van der Waals surface area contributed by atoms with Crippen LogP contribution in [0.3, 0.4) is 0 Å². The van der Waals surface area contributed by atoms with Gasteiger partial charge in [-0.05, 0) is 29.3 Å². The van der Waals surface area contributed by atoms with E-state index < -0.39 is 29.6 Å². The van der Waals surface area contributed by atoms with Gasteiger partial charge < -0.3 is 10.6 Å². The Morgan fingerprint density at radius 2 is 1.69 bits per heavy atom. The molecular formula is C25H17F5N4O2. The second-order valence-corrected chi connectivity index (χ2v) is 7.55. The smallest absolute Gasteiger partial charge is 0.356 e. The van der Waals surface area contributed by atoms with Crippen LogP contribution >= 0.6 is 0 Å². The van der Waals surface area contributed by atoms with Crippen LogP contribution in [0.2, 0.25) is 0 Å². The first-order valence-corrected chi connectivity index (χ1v) is 10.4. The Kier molecular flexibility index (Phi) is 6.56. The molecule has 4 aromatic rings. The highest BCUT2D eigenvalue weighted by Crippen LogP contribution is 2.33. The first-order valence-electron chi connectivity index (χ1n) is 10.4. The Balaban J connectivity index is 1.96. The van der Waals surface area contributed by atoms with E-state index in [-0.39, 0.29) is 33.9 Å². The highest BCUT2D eigenvalue weighted by molar-refractivity contribution is 6.00. The summed E-state index contributed by atoms with van der Waals surface area (Å²) in [5.74, 6) is -5.46. The van der Waals surface area contributed by atoms with Crippen molar-refractivity contribution >= 4 is 28.9 Å². The lowest BCUT2D eigenvalue weighted by Gasteiger charge is -2.12. The number of hydrogen-bond acceptors (Lipinski definition) is 3. The highest BCUT2D eigenvalue weighted by Gasteiger charge is 2.39. The van der Waals surface area contributed by atoms with Gasteiger partial charge >= 0.3 is 12.1 Å². The Bertz CT molecular complexity index is 1490. The Morgan fingerprint density at radius 3 is 2.36 bits per heavy atom. The van der Waals surface area contributed by atoms with Gasteiger partial charge in [-0.25, -0.2) is 13.8 Å². The molecule has 2 N–H and O–H groups in total. The maximum atomic E-state index is 14.7. The molecule has 0 saturated heterocycles. The molecule has 0 bridgehead atoms. The van der Waals surface area contributed by atoms with Gasteiger partial charge in [-0.2, -0.15) is 13.2 Å². The summed E-state index contributed by atoms with van der Waals surface area (Å²) in [5, 5.41) is 4.17. The minimum atomic E-state index is -5.15. The molecule has 0 radical (unpaired) electrons. The van der Waals surface area contributed by atoms with Crippen molar-refractivity contribution in [1.29, 1.82) is 0 Å². The minimum Gasteiger partial charge on any atom is -0.356 e. The number of benzene rings is 2. The van der Waals surface area contributed by atoms with E-state index in [1.165, 1.54) is 41.9 Å². The molecule has 6 nitrogen and oxygen atoms in total. The number of aromatic nitrogens is 2. The fraction of sp³-hybridized carbons (Fsp3) is 0.0800. The van der Waals surface area contributed by atoms with Crippen molar-refractivity contribution in [3.8, 4) is 11.3 Å². The number of nitrogens with one attached hydrogen (secondary N) is 2. The van der Waals surface area contributed by atoms with Crippen LogP contribution in [0.1, 0.15) is 11.1 Å². The summed E-state index contributed by atoms with van der Waals surface area (Å²) in [6.45, 7) is 0. The van der Waals surface area contributed by atoms with Crippen LogP contribution in [0.15, 0.2) is 72.9 Å². The van der Waals surface area contributed by atoms with Gasteiger partial charge in [0.15, 0.2) is 17.5 Å². The third kappa shape index (κ3) is 4.81. The molecule has 2 aromatic heterocycles. The van der Waals surface area contributed by atoms with Crippen LogP contribution in [0.4, 0.5) is 27.8 Å². The van der Waals surface area contributed by atoms with E-state index >= 15 is 0 Å². The third-order valence-corrected chi connectivity index (χ3v) is 5.23. The molecule has 2 aromatic carbocycles. The van der Waals surface area contributed by atoms with E-state index in [4.69, 9.17) is 0 Å². The van der Waals surface area contributed by atoms with Crippen molar-refractivity contribution in [2.45, 2.75) is 6.18 Å². The fourth-order valence-corrected chi connectivity index (χ4v) is 3.57. The molecule has 11 heteroatoms. The molecule has 0 atom stereocenters. The monoisotopic (exact) mass is 500 g/mol. The molecule has 2 amide bonds. The van der Waals surface area contributed by atoms with E-state index in [0.29, 0.717) is 5.56 Å². The summed E-state index contributed by atoms with van der Waals surface area (Å²) in [7, 11) is 1.36. The zero-order valence-corrected chi connectivity index (χ0v) is 18.5. The molecular weight excluding hydrogens is 483 g/mol. The number of pyridine rings is 1. The molecule has 0 aliphatic rings. The molecule has 4 rings (SSSR count). The normalized spacial score (nSPS) is 12.0. The molecule has 184 valence electrons. The SMILES string of the molecule is CNC(=O)C=C(c1ccc2nc(NC(=O)C(F)(F)F)c(-c3ccccc3)n2c1)c1cccc(F)c1F. The summed E-state index contributed by atoms with van der Waals surface area (Å²) in [6.07, 6.45) is -2.66. The average molecular weight is 500 g/mol. The number of fused-ring (bicyclic) bond motifs is 1. The number of anilines is 1. The van der Waals surface area contributed by atoms with Gasteiger partial charge in [0.1, 0.15) is 5.65 Å². The molecule has 0 spiro atoms. The number of likely N-dealkylation sites (N-methyl/N-ethyl adjacent to an activating group) is 1. The van der Waals surface area contributed by atoms with Crippen molar-refractivity contribution in [1.82, 2.24) is 14.7 Å². The first kappa shape index (κ1) is 24.6.